The first-order chi connectivity index (χ1) is 6.24. The molecule has 3 heteroatoms. The average molecular weight is 247 g/mol. The Morgan fingerprint density at radius 3 is 2.62 bits per heavy atom. The molecule has 0 N–H and O–H groups in total. The van der Waals surface area contributed by atoms with Gasteiger partial charge >= 0.3 is 0 Å². The molecule has 2 rings (SSSR count). The molecule has 1 aliphatic carbocycles. The van der Waals surface area contributed by atoms with E-state index in [-0.39, 0.29) is 5.60 Å². The number of halogens is 1. The van der Waals surface area contributed by atoms with E-state index in [2.05, 4.69) is 15.9 Å². The second kappa shape index (κ2) is 3.70. The lowest BCUT2D eigenvalue weighted by Crippen LogP contribution is -2.34. The number of hydrogen-bond donors (Lipinski definition) is 0. The second-order valence-electron chi connectivity index (χ2n) is 4.15. The monoisotopic (exact) mass is 246 g/mol. The number of alkyl halides is 1. The molecule has 0 aromatic heterocycles. The lowest BCUT2D eigenvalue weighted by molar-refractivity contribution is -0.127. The molecule has 1 saturated heterocycles. The maximum Gasteiger partial charge on any atom is 0.133 e. The van der Waals surface area contributed by atoms with Gasteiger partial charge < -0.3 is 4.74 Å². The van der Waals surface area contributed by atoms with E-state index in [1.54, 1.807) is 0 Å². The third-order valence-corrected chi connectivity index (χ3v) is 3.95. The van der Waals surface area contributed by atoms with Crippen LogP contribution in [0, 0.1) is 0 Å². The van der Waals surface area contributed by atoms with E-state index in [4.69, 9.17) is 4.74 Å². The number of rotatable bonds is 1. The standard InChI is InChI=1S/C10H15BrO2/c11-7-9-3-6-10(13-9)4-1-8(12)2-5-10/h9H,1-7H2. The molecule has 1 aliphatic heterocycles. The Kier molecular flexibility index (Phi) is 2.75. The lowest BCUT2D eigenvalue weighted by Gasteiger charge is -2.32. The van der Waals surface area contributed by atoms with Gasteiger partial charge in [0, 0.05) is 18.2 Å². The molecule has 0 aromatic rings. The number of ether oxygens (including phenoxy) is 1. The summed E-state index contributed by atoms with van der Waals surface area (Å²) in [6.45, 7) is 0. The maximum atomic E-state index is 11.1. The Labute approximate surface area is 87.2 Å². The van der Waals surface area contributed by atoms with E-state index < -0.39 is 0 Å². The molecule has 1 spiro atoms. The summed E-state index contributed by atoms with van der Waals surface area (Å²) >= 11 is 3.45. The summed E-state index contributed by atoms with van der Waals surface area (Å²) in [6, 6.07) is 0. The summed E-state index contributed by atoms with van der Waals surface area (Å²) in [4.78, 5) is 11.1. The van der Waals surface area contributed by atoms with Crippen molar-refractivity contribution in [2.24, 2.45) is 0 Å². The van der Waals surface area contributed by atoms with Gasteiger partial charge in [-0.3, -0.25) is 4.79 Å². The first-order valence-corrected chi connectivity index (χ1v) is 6.12. The summed E-state index contributed by atoms with van der Waals surface area (Å²) in [5.74, 6) is 0.413. The van der Waals surface area contributed by atoms with Gasteiger partial charge in [0.2, 0.25) is 0 Å². The van der Waals surface area contributed by atoms with E-state index in [0.29, 0.717) is 11.9 Å². The van der Waals surface area contributed by atoms with Gasteiger partial charge in [-0.05, 0) is 25.7 Å². The molecule has 1 unspecified atom stereocenters. The third-order valence-electron chi connectivity index (χ3n) is 3.23. The highest BCUT2D eigenvalue weighted by molar-refractivity contribution is 9.09. The van der Waals surface area contributed by atoms with Crippen molar-refractivity contribution in [2.45, 2.75) is 50.2 Å². The van der Waals surface area contributed by atoms with Crippen molar-refractivity contribution in [3.63, 3.8) is 0 Å². The zero-order chi connectivity index (χ0) is 9.31. The fraction of sp³-hybridized carbons (Fsp3) is 0.900. The summed E-state index contributed by atoms with van der Waals surface area (Å²) < 4.78 is 5.99. The number of ketones is 1. The third kappa shape index (κ3) is 1.96. The van der Waals surface area contributed by atoms with E-state index in [0.717, 1.165) is 43.9 Å². The number of Topliss-reactive ketones (excluding diaryl/α,β-unsaturated/α-hetero) is 1. The molecule has 0 radical (unpaired) electrons. The SMILES string of the molecule is O=C1CCC2(CC1)CCC(CBr)O2. The zero-order valence-corrected chi connectivity index (χ0v) is 9.31. The Bertz CT molecular complexity index is 205. The first-order valence-electron chi connectivity index (χ1n) is 5.00. The van der Waals surface area contributed by atoms with Gasteiger partial charge in [0.1, 0.15) is 5.78 Å². The van der Waals surface area contributed by atoms with Crippen LogP contribution in [0.4, 0.5) is 0 Å². The molecular weight excluding hydrogens is 232 g/mol. The zero-order valence-electron chi connectivity index (χ0n) is 7.72. The Balaban J connectivity index is 1.95. The molecule has 2 fully saturated rings. The van der Waals surface area contributed by atoms with Crippen molar-refractivity contribution in [3.05, 3.63) is 0 Å². The molecular formula is C10H15BrO2. The van der Waals surface area contributed by atoms with E-state index in [1.807, 2.05) is 0 Å². The highest BCUT2D eigenvalue weighted by Crippen LogP contribution is 2.41. The molecule has 0 aromatic carbocycles. The fourth-order valence-corrected chi connectivity index (χ4v) is 2.81. The largest absolute Gasteiger partial charge is 0.371 e. The predicted molar refractivity (Wildman–Crippen MR) is 54.1 cm³/mol. The number of hydrogen-bond acceptors (Lipinski definition) is 2. The van der Waals surface area contributed by atoms with Crippen molar-refractivity contribution in [1.82, 2.24) is 0 Å². The van der Waals surface area contributed by atoms with Crippen LogP contribution in [0.3, 0.4) is 0 Å². The van der Waals surface area contributed by atoms with Gasteiger partial charge in [-0.15, -0.1) is 0 Å². The molecule has 74 valence electrons. The summed E-state index contributed by atoms with van der Waals surface area (Å²) in [6.07, 6.45) is 6.05. The first kappa shape index (κ1) is 9.66. The minimum atomic E-state index is 0.0757. The van der Waals surface area contributed by atoms with Crippen LogP contribution in [-0.2, 0) is 9.53 Å². The van der Waals surface area contributed by atoms with Crippen LogP contribution >= 0.6 is 15.9 Å². The van der Waals surface area contributed by atoms with Gasteiger partial charge in [0.05, 0.1) is 11.7 Å². The predicted octanol–water partition coefficient (Wildman–Crippen LogP) is 2.44. The number of carbonyl (C=O) groups is 1. The van der Waals surface area contributed by atoms with Gasteiger partial charge in [-0.1, -0.05) is 15.9 Å². The van der Waals surface area contributed by atoms with E-state index >= 15 is 0 Å². The van der Waals surface area contributed by atoms with Crippen LogP contribution < -0.4 is 0 Å². The molecule has 1 heterocycles. The lowest BCUT2D eigenvalue weighted by atomic mass is 9.82. The Hall–Kier alpha value is 0.110. The van der Waals surface area contributed by atoms with Crippen LogP contribution in [0.2, 0.25) is 0 Å². The van der Waals surface area contributed by atoms with Gasteiger partial charge in [0.25, 0.3) is 0 Å². The van der Waals surface area contributed by atoms with Crippen LogP contribution in [0.15, 0.2) is 0 Å². The molecule has 0 bridgehead atoms. The highest BCUT2D eigenvalue weighted by Gasteiger charge is 2.41. The van der Waals surface area contributed by atoms with E-state index in [1.165, 1.54) is 0 Å². The topological polar surface area (TPSA) is 26.3 Å². The fourth-order valence-electron chi connectivity index (χ4n) is 2.36. The van der Waals surface area contributed by atoms with Crippen molar-refractivity contribution in [3.8, 4) is 0 Å². The smallest absolute Gasteiger partial charge is 0.133 e. The molecule has 13 heavy (non-hydrogen) atoms. The van der Waals surface area contributed by atoms with Gasteiger partial charge in [0.15, 0.2) is 0 Å². The van der Waals surface area contributed by atoms with Crippen LogP contribution in [0.1, 0.15) is 38.5 Å². The van der Waals surface area contributed by atoms with Crippen LogP contribution in [0.5, 0.6) is 0 Å². The maximum absolute atomic E-state index is 11.1. The van der Waals surface area contributed by atoms with Crippen LogP contribution in [-0.4, -0.2) is 22.8 Å². The minimum Gasteiger partial charge on any atom is -0.371 e. The number of carbonyl (C=O) groups excluding carboxylic acids is 1. The normalized spacial score (nSPS) is 32.7. The Morgan fingerprint density at radius 2 is 2.08 bits per heavy atom. The molecule has 2 aliphatic rings. The molecule has 0 amide bonds. The van der Waals surface area contributed by atoms with Gasteiger partial charge in [-0.25, -0.2) is 0 Å². The van der Waals surface area contributed by atoms with Crippen molar-refractivity contribution in [2.75, 3.05) is 5.33 Å². The summed E-state index contributed by atoms with van der Waals surface area (Å²) in [7, 11) is 0. The Morgan fingerprint density at radius 1 is 1.38 bits per heavy atom. The highest BCUT2D eigenvalue weighted by atomic mass is 79.9. The van der Waals surface area contributed by atoms with E-state index in [9.17, 15) is 4.79 Å². The molecule has 1 atom stereocenters. The summed E-state index contributed by atoms with van der Waals surface area (Å²) in [5.41, 5.74) is 0.0757. The average Bonchev–Trinajstić information content (AvgIpc) is 2.55. The van der Waals surface area contributed by atoms with Crippen LogP contribution in [0.25, 0.3) is 0 Å². The van der Waals surface area contributed by atoms with Crippen molar-refractivity contribution in [1.29, 1.82) is 0 Å². The quantitative estimate of drug-likeness (QED) is 0.665. The summed E-state index contributed by atoms with van der Waals surface area (Å²) in [5, 5.41) is 0.933. The molecule has 1 saturated carbocycles. The molecule has 2 nitrogen and oxygen atoms in total. The van der Waals surface area contributed by atoms with Crippen molar-refractivity contribution >= 4 is 21.7 Å². The van der Waals surface area contributed by atoms with Gasteiger partial charge in [-0.2, -0.15) is 0 Å². The van der Waals surface area contributed by atoms with Crippen molar-refractivity contribution < 1.29 is 9.53 Å². The second-order valence-corrected chi connectivity index (χ2v) is 4.80. The minimum absolute atomic E-state index is 0.0757.